The third-order valence-corrected chi connectivity index (χ3v) is 12.4. The van der Waals surface area contributed by atoms with Gasteiger partial charge in [-0.1, -0.05) is 176 Å². The van der Waals surface area contributed by atoms with Crippen LogP contribution in [0.5, 0.6) is 0 Å². The molecule has 0 spiro atoms. The Kier molecular flexibility index (Phi) is 7.80. The molecule has 9 aromatic carbocycles. The lowest BCUT2D eigenvalue weighted by Gasteiger charge is -2.15. The second-order valence-electron chi connectivity index (χ2n) is 16.0. The molecule has 0 saturated carbocycles. The fraction of sp³-hybridized carbons (Fsp3) is 0. The van der Waals surface area contributed by atoms with Crippen LogP contribution < -0.4 is 0 Å². The molecule has 0 amide bonds. The van der Waals surface area contributed by atoms with Gasteiger partial charge in [0, 0.05) is 49.1 Å². The van der Waals surface area contributed by atoms with Crippen LogP contribution >= 0.6 is 0 Å². The first kappa shape index (κ1) is 35.2. The van der Waals surface area contributed by atoms with Gasteiger partial charge in [0.1, 0.15) is 11.2 Å². The molecule has 63 heavy (non-hydrogen) atoms. The quantitative estimate of drug-likeness (QED) is 0.168. The Morgan fingerprint density at radius 2 is 0.857 bits per heavy atom. The molecule has 0 N–H and O–H groups in total. The zero-order valence-electron chi connectivity index (χ0n) is 33.9. The van der Waals surface area contributed by atoms with Gasteiger partial charge < -0.3 is 8.98 Å². The van der Waals surface area contributed by atoms with Crippen LogP contribution in [-0.4, -0.2) is 24.1 Å². The highest BCUT2D eigenvalue weighted by atomic mass is 16.3. The zero-order valence-corrected chi connectivity index (χ0v) is 33.9. The molecule has 0 atom stereocenters. The lowest BCUT2D eigenvalue weighted by molar-refractivity contribution is 0.669. The molecule has 0 aliphatic heterocycles. The molecule has 0 aliphatic carbocycles. The number of hydrogen-bond donors (Lipinski definition) is 0. The molecule has 0 unspecified atom stereocenters. The Bertz CT molecular complexity index is 3920. The lowest BCUT2D eigenvalue weighted by Crippen LogP contribution is -2.07. The number of benzene rings is 9. The number of furan rings is 1. The smallest absolute Gasteiger partial charge is 0.238 e. The van der Waals surface area contributed by atoms with E-state index in [4.69, 9.17) is 19.4 Å². The van der Waals surface area contributed by atoms with Gasteiger partial charge in [-0.25, -0.2) is 4.98 Å². The second kappa shape index (κ2) is 14.0. The highest BCUT2D eigenvalue weighted by Crippen LogP contribution is 2.43. The molecule has 13 aromatic rings. The SMILES string of the molecule is c1ccc(-c2nc(-c3cccc4oc5ccccc5c34)nc(-n3c4ccccc4c4ccc5c6ccccc6n(-c6cccc(-c7ccccc7-c7ccccc7)c6)c5c43)n2)cc1. The van der Waals surface area contributed by atoms with Crippen LogP contribution in [0.25, 0.3) is 122 Å². The van der Waals surface area contributed by atoms with Crippen molar-refractivity contribution in [3.05, 3.63) is 212 Å². The summed E-state index contributed by atoms with van der Waals surface area (Å²) in [6.45, 7) is 0. The van der Waals surface area contributed by atoms with Crippen LogP contribution in [0, 0.1) is 0 Å². The third kappa shape index (κ3) is 5.48. The molecule has 0 aliphatic rings. The van der Waals surface area contributed by atoms with Crippen molar-refractivity contribution in [2.24, 2.45) is 0 Å². The van der Waals surface area contributed by atoms with Gasteiger partial charge in [-0.3, -0.25) is 4.57 Å². The van der Waals surface area contributed by atoms with Crippen LogP contribution in [0.3, 0.4) is 0 Å². The van der Waals surface area contributed by atoms with Gasteiger partial charge in [-0.15, -0.1) is 0 Å². The minimum Gasteiger partial charge on any atom is -0.456 e. The van der Waals surface area contributed by atoms with Crippen LogP contribution in [-0.2, 0) is 0 Å². The highest BCUT2D eigenvalue weighted by molar-refractivity contribution is 6.24. The first-order valence-electron chi connectivity index (χ1n) is 21.2. The summed E-state index contributed by atoms with van der Waals surface area (Å²) in [5.74, 6) is 1.69. The maximum atomic E-state index is 6.37. The maximum absolute atomic E-state index is 6.37. The molecule has 0 fully saturated rings. The van der Waals surface area contributed by atoms with Gasteiger partial charge in [0.2, 0.25) is 5.95 Å². The Balaban J connectivity index is 1.13. The summed E-state index contributed by atoms with van der Waals surface area (Å²) in [5, 5.41) is 6.53. The minimum atomic E-state index is 0.532. The van der Waals surface area contributed by atoms with Crippen molar-refractivity contribution in [1.82, 2.24) is 24.1 Å². The summed E-state index contributed by atoms with van der Waals surface area (Å²) >= 11 is 0. The van der Waals surface area contributed by atoms with Crippen molar-refractivity contribution in [3.63, 3.8) is 0 Å². The standard InChI is InChI=1S/C57H35N5O/c1-3-17-36(18-4-1)40-23-7-8-24-41(40)38-21-15-22-39(35-38)61-48-29-12-9-25-42(48)44-33-34-45-43-26-10-13-30-49(43)62(54(45)53(44)61)57-59-55(37-19-5-2-6-20-37)58-56(60-57)47-28-16-32-51-52(47)46-27-11-14-31-50(46)63-51/h1-35H. The van der Waals surface area contributed by atoms with E-state index >= 15 is 0 Å². The summed E-state index contributed by atoms with van der Waals surface area (Å²) in [6.07, 6.45) is 0. The number of fused-ring (bicyclic) bond motifs is 10. The fourth-order valence-electron chi connectivity index (χ4n) is 9.66. The number of nitrogens with zero attached hydrogens (tertiary/aromatic N) is 5. The Hall–Kier alpha value is -8.61. The predicted molar refractivity (Wildman–Crippen MR) is 258 cm³/mol. The number of para-hydroxylation sites is 3. The van der Waals surface area contributed by atoms with Crippen LogP contribution in [0.15, 0.2) is 217 Å². The van der Waals surface area contributed by atoms with E-state index in [1.807, 2.05) is 48.5 Å². The van der Waals surface area contributed by atoms with Crippen molar-refractivity contribution < 1.29 is 4.42 Å². The lowest BCUT2D eigenvalue weighted by atomic mass is 9.94. The van der Waals surface area contributed by atoms with E-state index in [1.54, 1.807) is 0 Å². The fourth-order valence-corrected chi connectivity index (χ4v) is 9.66. The van der Waals surface area contributed by atoms with Gasteiger partial charge in [0.25, 0.3) is 0 Å². The molecule has 4 aromatic heterocycles. The molecule has 294 valence electrons. The first-order chi connectivity index (χ1) is 31.3. The van der Waals surface area contributed by atoms with E-state index in [0.717, 1.165) is 82.5 Å². The summed E-state index contributed by atoms with van der Waals surface area (Å²) < 4.78 is 11.0. The van der Waals surface area contributed by atoms with E-state index in [0.29, 0.717) is 17.6 Å². The molecular weight excluding hydrogens is 771 g/mol. The van der Waals surface area contributed by atoms with Gasteiger partial charge in [0.15, 0.2) is 11.6 Å². The third-order valence-electron chi connectivity index (χ3n) is 12.4. The molecule has 0 saturated heterocycles. The Morgan fingerprint density at radius 3 is 1.60 bits per heavy atom. The van der Waals surface area contributed by atoms with Crippen molar-refractivity contribution in [1.29, 1.82) is 0 Å². The van der Waals surface area contributed by atoms with E-state index < -0.39 is 0 Å². The van der Waals surface area contributed by atoms with E-state index in [9.17, 15) is 0 Å². The molecular formula is C57H35N5O. The number of aromatic nitrogens is 5. The largest absolute Gasteiger partial charge is 0.456 e. The molecule has 0 bridgehead atoms. The highest BCUT2D eigenvalue weighted by Gasteiger charge is 2.24. The van der Waals surface area contributed by atoms with E-state index in [2.05, 4.69) is 173 Å². The van der Waals surface area contributed by atoms with Crippen molar-refractivity contribution >= 4 is 65.6 Å². The topological polar surface area (TPSA) is 61.7 Å². The number of rotatable bonds is 6. The second-order valence-corrected chi connectivity index (χ2v) is 16.0. The first-order valence-corrected chi connectivity index (χ1v) is 21.2. The van der Waals surface area contributed by atoms with Crippen molar-refractivity contribution in [3.8, 4) is 56.7 Å². The van der Waals surface area contributed by atoms with Crippen LogP contribution in [0.4, 0.5) is 0 Å². The van der Waals surface area contributed by atoms with Gasteiger partial charge >= 0.3 is 0 Å². The Morgan fingerprint density at radius 1 is 0.333 bits per heavy atom. The summed E-state index contributed by atoms with van der Waals surface area (Å²) in [7, 11) is 0. The average Bonchev–Trinajstić information content (AvgIpc) is 4.02. The van der Waals surface area contributed by atoms with Gasteiger partial charge in [-0.05, 0) is 58.7 Å². The zero-order chi connectivity index (χ0) is 41.4. The maximum Gasteiger partial charge on any atom is 0.238 e. The molecule has 4 heterocycles. The Labute approximate surface area is 361 Å². The summed E-state index contributed by atoms with van der Waals surface area (Å²) in [4.78, 5) is 16.0. The predicted octanol–water partition coefficient (Wildman–Crippen LogP) is 14.6. The number of hydrogen-bond acceptors (Lipinski definition) is 4. The average molecular weight is 806 g/mol. The summed E-state index contributed by atoms with van der Waals surface area (Å²) in [6, 6.07) is 74.5. The van der Waals surface area contributed by atoms with Crippen molar-refractivity contribution in [2.75, 3.05) is 0 Å². The molecule has 6 nitrogen and oxygen atoms in total. The minimum absolute atomic E-state index is 0.532. The van der Waals surface area contributed by atoms with Gasteiger partial charge in [-0.2, -0.15) is 9.97 Å². The summed E-state index contributed by atoms with van der Waals surface area (Å²) in [5.41, 5.74) is 13.4. The normalized spacial score (nSPS) is 11.8. The van der Waals surface area contributed by atoms with Crippen molar-refractivity contribution in [2.45, 2.75) is 0 Å². The van der Waals surface area contributed by atoms with Crippen LogP contribution in [0.2, 0.25) is 0 Å². The monoisotopic (exact) mass is 805 g/mol. The molecule has 0 radical (unpaired) electrons. The molecule has 13 rings (SSSR count). The van der Waals surface area contributed by atoms with Crippen LogP contribution in [0.1, 0.15) is 0 Å². The van der Waals surface area contributed by atoms with Gasteiger partial charge in [0.05, 0.1) is 22.1 Å². The molecule has 6 heteroatoms. The van der Waals surface area contributed by atoms with E-state index in [-0.39, 0.29) is 0 Å². The van der Waals surface area contributed by atoms with E-state index in [1.165, 1.54) is 22.1 Å².